The number of rotatable bonds is 7. The Morgan fingerprint density at radius 2 is 1.81 bits per heavy atom. The van der Waals surface area contributed by atoms with Gasteiger partial charge >= 0.3 is 6.18 Å². The molecule has 26 heavy (non-hydrogen) atoms. The van der Waals surface area contributed by atoms with Gasteiger partial charge in [-0.2, -0.15) is 13.2 Å². The Kier molecular flexibility index (Phi) is 6.64. The predicted octanol–water partition coefficient (Wildman–Crippen LogP) is 6.04. The summed E-state index contributed by atoms with van der Waals surface area (Å²) in [5, 5.41) is -0.162. The fourth-order valence-electron chi connectivity index (χ4n) is 2.42. The Hall–Kier alpha value is -2.08. The molecule has 140 valence electrons. The van der Waals surface area contributed by atoms with E-state index in [1.165, 1.54) is 0 Å². The molecule has 0 amide bonds. The fourth-order valence-corrected chi connectivity index (χ4v) is 2.65. The quantitative estimate of drug-likeness (QED) is 0.427. The third-order valence-electron chi connectivity index (χ3n) is 3.73. The van der Waals surface area contributed by atoms with Crippen molar-refractivity contribution in [3.05, 3.63) is 63.7 Å². The van der Waals surface area contributed by atoms with Crippen molar-refractivity contribution in [2.24, 2.45) is 0 Å². The average Bonchev–Trinajstić information content (AvgIpc) is 2.59. The standard InChI is InChI=1S/C19H17ClF4O2/c1-2-17(25)14-8-12(5-6-21)7-13(9-14)11-26-18-4-3-15(10-16(18)20)19(22,23)24/h3-4,7-10H,2,5-6,11H2,1H3. The molecule has 2 aromatic rings. The van der Waals surface area contributed by atoms with Crippen molar-refractivity contribution >= 4 is 17.4 Å². The molecule has 0 heterocycles. The van der Waals surface area contributed by atoms with Crippen molar-refractivity contribution < 1.29 is 27.1 Å². The van der Waals surface area contributed by atoms with Gasteiger partial charge in [0.25, 0.3) is 0 Å². The molecule has 0 aliphatic rings. The molecule has 2 nitrogen and oxygen atoms in total. The summed E-state index contributed by atoms with van der Waals surface area (Å²) < 4.78 is 56.1. The summed E-state index contributed by atoms with van der Waals surface area (Å²) >= 11 is 5.86. The van der Waals surface area contributed by atoms with E-state index >= 15 is 0 Å². The van der Waals surface area contributed by atoms with Crippen LogP contribution < -0.4 is 4.74 Å². The minimum atomic E-state index is -4.49. The van der Waals surface area contributed by atoms with Crippen LogP contribution in [0.5, 0.6) is 5.75 Å². The number of hydrogen-bond acceptors (Lipinski definition) is 2. The highest BCUT2D eigenvalue weighted by molar-refractivity contribution is 6.32. The van der Waals surface area contributed by atoms with Crippen molar-refractivity contribution in [1.29, 1.82) is 0 Å². The first-order valence-corrected chi connectivity index (χ1v) is 8.34. The SMILES string of the molecule is CCC(=O)c1cc(CCF)cc(COc2ccc(C(F)(F)F)cc2Cl)c1. The number of halogens is 5. The average molecular weight is 389 g/mol. The molecule has 0 saturated heterocycles. The summed E-state index contributed by atoms with van der Waals surface area (Å²) in [6.07, 6.45) is -4.01. The number of ketones is 1. The summed E-state index contributed by atoms with van der Waals surface area (Å²) in [4.78, 5) is 11.9. The maximum absolute atomic E-state index is 12.7. The number of hydrogen-bond donors (Lipinski definition) is 0. The highest BCUT2D eigenvalue weighted by Crippen LogP contribution is 2.35. The molecule has 0 saturated carbocycles. The monoisotopic (exact) mass is 388 g/mol. The van der Waals surface area contributed by atoms with Gasteiger partial charge in [0.05, 0.1) is 17.3 Å². The molecule has 0 fully saturated rings. The van der Waals surface area contributed by atoms with Gasteiger partial charge in [-0.3, -0.25) is 9.18 Å². The van der Waals surface area contributed by atoms with Gasteiger partial charge in [-0.05, 0) is 41.5 Å². The molecule has 0 bridgehead atoms. The van der Waals surface area contributed by atoms with E-state index in [1.807, 2.05) is 0 Å². The number of carbonyl (C=O) groups is 1. The van der Waals surface area contributed by atoms with Crippen LogP contribution in [0.4, 0.5) is 17.6 Å². The van der Waals surface area contributed by atoms with E-state index in [0.29, 0.717) is 23.1 Å². The zero-order valence-electron chi connectivity index (χ0n) is 14.0. The summed E-state index contributed by atoms with van der Waals surface area (Å²) in [5.74, 6) is 0.0125. The first-order valence-electron chi connectivity index (χ1n) is 7.96. The maximum Gasteiger partial charge on any atom is 0.416 e. The van der Waals surface area contributed by atoms with Crippen molar-refractivity contribution in [3.63, 3.8) is 0 Å². The fraction of sp³-hybridized carbons (Fsp3) is 0.316. The first-order chi connectivity index (χ1) is 12.2. The topological polar surface area (TPSA) is 26.3 Å². The van der Waals surface area contributed by atoms with Gasteiger partial charge in [-0.15, -0.1) is 0 Å². The summed E-state index contributed by atoms with van der Waals surface area (Å²) in [6.45, 7) is 1.16. The molecule has 0 aromatic heterocycles. The highest BCUT2D eigenvalue weighted by atomic mass is 35.5. The Morgan fingerprint density at radius 1 is 1.12 bits per heavy atom. The van der Waals surface area contributed by atoms with Crippen LogP contribution in [-0.4, -0.2) is 12.5 Å². The first kappa shape index (κ1) is 20.2. The molecule has 0 aliphatic carbocycles. The number of alkyl halides is 4. The molecule has 0 atom stereocenters. The largest absolute Gasteiger partial charge is 0.487 e. The Morgan fingerprint density at radius 3 is 2.38 bits per heavy atom. The van der Waals surface area contributed by atoms with Crippen LogP contribution in [0.2, 0.25) is 5.02 Å². The number of ether oxygens (including phenoxy) is 1. The van der Waals surface area contributed by atoms with E-state index in [1.54, 1.807) is 25.1 Å². The van der Waals surface area contributed by atoms with E-state index in [2.05, 4.69) is 0 Å². The van der Waals surface area contributed by atoms with E-state index in [-0.39, 0.29) is 29.6 Å². The molecule has 2 rings (SSSR count). The van der Waals surface area contributed by atoms with Crippen LogP contribution in [0.15, 0.2) is 36.4 Å². The summed E-state index contributed by atoms with van der Waals surface area (Å²) in [6, 6.07) is 7.79. The lowest BCUT2D eigenvalue weighted by Gasteiger charge is -2.13. The van der Waals surface area contributed by atoms with E-state index in [9.17, 15) is 22.4 Å². The van der Waals surface area contributed by atoms with E-state index in [0.717, 1.165) is 18.2 Å². The van der Waals surface area contributed by atoms with E-state index < -0.39 is 18.4 Å². The van der Waals surface area contributed by atoms with Gasteiger partial charge in [0.1, 0.15) is 12.4 Å². The summed E-state index contributed by atoms with van der Waals surface area (Å²) in [7, 11) is 0. The second kappa shape index (κ2) is 8.54. The predicted molar refractivity (Wildman–Crippen MR) is 91.5 cm³/mol. The van der Waals surface area contributed by atoms with Gasteiger partial charge in [-0.1, -0.05) is 24.6 Å². The Balaban J connectivity index is 2.20. The molecule has 0 N–H and O–H groups in total. The zero-order valence-corrected chi connectivity index (χ0v) is 14.8. The van der Waals surface area contributed by atoms with Crippen LogP contribution in [0.3, 0.4) is 0 Å². The second-order valence-corrected chi connectivity index (χ2v) is 6.09. The minimum absolute atomic E-state index is 0.00476. The lowest BCUT2D eigenvalue weighted by molar-refractivity contribution is -0.137. The molecule has 0 spiro atoms. The molecule has 2 aromatic carbocycles. The van der Waals surface area contributed by atoms with Crippen molar-refractivity contribution in [2.45, 2.75) is 32.5 Å². The summed E-state index contributed by atoms with van der Waals surface area (Å²) in [5.41, 5.74) is 0.860. The van der Waals surface area contributed by atoms with Crippen molar-refractivity contribution in [2.75, 3.05) is 6.67 Å². The molecule has 0 radical (unpaired) electrons. The lowest BCUT2D eigenvalue weighted by Crippen LogP contribution is -2.06. The molecule has 0 unspecified atom stereocenters. The van der Waals surface area contributed by atoms with Gasteiger partial charge in [0.2, 0.25) is 0 Å². The van der Waals surface area contributed by atoms with Gasteiger partial charge in [0, 0.05) is 18.4 Å². The third-order valence-corrected chi connectivity index (χ3v) is 4.03. The van der Waals surface area contributed by atoms with Crippen LogP contribution in [0.1, 0.15) is 40.4 Å². The second-order valence-electron chi connectivity index (χ2n) is 5.69. The van der Waals surface area contributed by atoms with Gasteiger partial charge in [-0.25, -0.2) is 0 Å². The molecular weight excluding hydrogens is 372 g/mol. The molecule has 7 heteroatoms. The van der Waals surface area contributed by atoms with Crippen LogP contribution in [-0.2, 0) is 19.2 Å². The van der Waals surface area contributed by atoms with E-state index in [4.69, 9.17) is 16.3 Å². The normalized spacial score (nSPS) is 11.5. The van der Waals surface area contributed by atoms with Gasteiger partial charge in [0.15, 0.2) is 5.78 Å². The third kappa shape index (κ3) is 5.21. The number of aryl methyl sites for hydroxylation is 1. The highest BCUT2D eigenvalue weighted by Gasteiger charge is 2.31. The zero-order chi connectivity index (χ0) is 19.3. The molecule has 0 aliphatic heterocycles. The van der Waals surface area contributed by atoms with Crippen molar-refractivity contribution in [3.8, 4) is 5.75 Å². The number of benzene rings is 2. The van der Waals surface area contributed by atoms with Crippen molar-refractivity contribution in [1.82, 2.24) is 0 Å². The lowest BCUT2D eigenvalue weighted by atomic mass is 10.0. The number of carbonyl (C=O) groups excluding carboxylic acids is 1. The minimum Gasteiger partial charge on any atom is -0.487 e. The molecular formula is C19H17ClF4O2. The Bertz CT molecular complexity index is 788. The smallest absolute Gasteiger partial charge is 0.416 e. The number of Topliss-reactive ketones (excluding diaryl/α,β-unsaturated/α-hetero) is 1. The van der Waals surface area contributed by atoms with Gasteiger partial charge < -0.3 is 4.74 Å². The maximum atomic E-state index is 12.7. The Labute approximate surface area is 153 Å². The van der Waals surface area contributed by atoms with Crippen LogP contribution in [0, 0.1) is 0 Å². The van der Waals surface area contributed by atoms with Crippen LogP contribution >= 0.6 is 11.6 Å². The van der Waals surface area contributed by atoms with Crippen LogP contribution in [0.25, 0.3) is 0 Å².